The van der Waals surface area contributed by atoms with Crippen LogP contribution in [0.15, 0.2) is 11.6 Å². The number of hydrogen-bond donors (Lipinski definition) is 9. The van der Waals surface area contributed by atoms with E-state index in [-0.39, 0.29) is 34.0 Å². The van der Waals surface area contributed by atoms with E-state index in [0.29, 0.717) is 18.8 Å². The molecule has 13 heteroatoms. The zero-order valence-corrected chi connectivity index (χ0v) is 34.3. The van der Waals surface area contributed by atoms with Crippen LogP contribution in [0.4, 0.5) is 0 Å². The highest BCUT2D eigenvalue weighted by Gasteiger charge is 2.70. The van der Waals surface area contributed by atoms with Crippen LogP contribution in [0, 0.1) is 45.3 Å². The first kappa shape index (κ1) is 43.8. The summed E-state index contributed by atoms with van der Waals surface area (Å²) in [4.78, 5) is 0. The van der Waals surface area contributed by atoms with Gasteiger partial charge < -0.3 is 64.9 Å². The number of hydrogen-bond acceptors (Lipinski definition) is 13. The third kappa shape index (κ3) is 7.42. The van der Waals surface area contributed by atoms with Crippen molar-refractivity contribution in [1.29, 1.82) is 0 Å². The van der Waals surface area contributed by atoms with Crippen LogP contribution in [0.1, 0.15) is 113 Å². The van der Waals surface area contributed by atoms with Crippen LogP contribution in [0.3, 0.4) is 0 Å². The van der Waals surface area contributed by atoms with Gasteiger partial charge in [0.05, 0.1) is 31.0 Å². The van der Waals surface area contributed by atoms with Crippen LogP contribution in [0.5, 0.6) is 0 Å². The largest absolute Gasteiger partial charge is 0.394 e. The number of allylic oxidation sites excluding steroid dienone is 2. The smallest absolute Gasteiger partial charge is 0.187 e. The average Bonchev–Trinajstić information content (AvgIpc) is 3.49. The summed E-state index contributed by atoms with van der Waals surface area (Å²) in [6.45, 7) is 16.4. The first-order valence-electron chi connectivity index (χ1n) is 20.9. The Morgan fingerprint density at radius 1 is 0.727 bits per heavy atom. The summed E-state index contributed by atoms with van der Waals surface area (Å²) in [5, 5.41) is 95.7. The van der Waals surface area contributed by atoms with Crippen LogP contribution >= 0.6 is 0 Å². The lowest BCUT2D eigenvalue weighted by atomic mass is 9.35. The second-order valence-corrected chi connectivity index (χ2v) is 20.2. The SMILES string of the molecule is C/C(=C\CCC(C)(C)O)C1CC[C@@]2(C)C1[C@@H](O)CC1[C@]3(C)CC[C@@H](O[C@H]4O[C@@H](CO)[C@H](O)[C@@H](O)[C@@H]4O[C@H]4O[C@@H](CO)[C@H](O)[C@@H](O)[C@@H]4O)C(C)(C)C3CC[C@@]12C. The molecular formula is C42H72O13. The van der Waals surface area contributed by atoms with Crippen LogP contribution in [0.25, 0.3) is 0 Å². The molecule has 9 N–H and O–H groups in total. The average molecular weight is 785 g/mol. The van der Waals surface area contributed by atoms with Crippen molar-refractivity contribution in [3.63, 3.8) is 0 Å². The van der Waals surface area contributed by atoms with E-state index in [2.05, 4.69) is 47.6 Å². The molecule has 4 unspecified atom stereocenters. The molecule has 0 spiro atoms. The maximum absolute atomic E-state index is 12.2. The summed E-state index contributed by atoms with van der Waals surface area (Å²) < 4.78 is 24.4. The van der Waals surface area contributed by atoms with E-state index < -0.39 is 97.8 Å². The Kier molecular flexibility index (Phi) is 12.5. The third-order valence-electron chi connectivity index (χ3n) is 16.4. The molecule has 55 heavy (non-hydrogen) atoms. The van der Waals surface area contributed by atoms with Crippen molar-refractivity contribution in [1.82, 2.24) is 0 Å². The maximum Gasteiger partial charge on any atom is 0.187 e. The number of aliphatic hydroxyl groups excluding tert-OH is 8. The summed E-state index contributed by atoms with van der Waals surface area (Å²) in [5.74, 6) is 0.973. The molecule has 2 saturated heterocycles. The second-order valence-electron chi connectivity index (χ2n) is 20.2. The first-order chi connectivity index (χ1) is 25.6. The molecule has 13 nitrogen and oxygen atoms in total. The summed E-state index contributed by atoms with van der Waals surface area (Å²) in [7, 11) is 0. The fourth-order valence-corrected chi connectivity index (χ4v) is 13.1. The summed E-state index contributed by atoms with van der Waals surface area (Å²) in [6.07, 6.45) is -5.75. The Morgan fingerprint density at radius 3 is 1.95 bits per heavy atom. The van der Waals surface area contributed by atoms with E-state index >= 15 is 0 Å². The van der Waals surface area contributed by atoms with E-state index in [1.165, 1.54) is 5.57 Å². The third-order valence-corrected chi connectivity index (χ3v) is 16.4. The van der Waals surface area contributed by atoms with Gasteiger partial charge in [-0.2, -0.15) is 0 Å². The molecule has 0 amide bonds. The first-order valence-corrected chi connectivity index (χ1v) is 20.9. The van der Waals surface area contributed by atoms with Crippen molar-refractivity contribution >= 4 is 0 Å². The van der Waals surface area contributed by atoms with Crippen LogP contribution < -0.4 is 0 Å². The van der Waals surface area contributed by atoms with E-state index in [0.717, 1.165) is 44.9 Å². The normalized spacial score (nSPS) is 51.6. The van der Waals surface area contributed by atoms with Crippen molar-refractivity contribution in [2.75, 3.05) is 13.2 Å². The number of rotatable bonds is 10. The van der Waals surface area contributed by atoms with Gasteiger partial charge in [0.25, 0.3) is 0 Å². The molecule has 4 saturated carbocycles. The highest BCUT2D eigenvalue weighted by molar-refractivity contribution is 5.22. The maximum atomic E-state index is 12.2. The Balaban J connectivity index is 1.22. The number of aliphatic hydroxyl groups is 9. The number of ether oxygens (including phenoxy) is 4. The highest BCUT2D eigenvalue weighted by Crippen LogP contribution is 2.75. The second kappa shape index (κ2) is 15.7. The molecule has 19 atom stereocenters. The fourth-order valence-electron chi connectivity index (χ4n) is 13.1. The zero-order chi connectivity index (χ0) is 40.6. The van der Waals surface area contributed by atoms with Gasteiger partial charge >= 0.3 is 0 Å². The van der Waals surface area contributed by atoms with E-state index in [9.17, 15) is 46.0 Å². The minimum atomic E-state index is -1.75. The molecule has 2 aliphatic heterocycles. The molecule has 4 aliphatic carbocycles. The van der Waals surface area contributed by atoms with Gasteiger partial charge in [0.15, 0.2) is 12.6 Å². The van der Waals surface area contributed by atoms with Crippen molar-refractivity contribution in [2.45, 2.75) is 192 Å². The van der Waals surface area contributed by atoms with E-state index in [4.69, 9.17) is 18.9 Å². The Hall–Kier alpha value is -0.780. The lowest BCUT2D eigenvalue weighted by molar-refractivity contribution is -0.378. The van der Waals surface area contributed by atoms with Gasteiger partial charge in [0.1, 0.15) is 48.8 Å². The predicted molar refractivity (Wildman–Crippen MR) is 201 cm³/mol. The molecule has 0 radical (unpaired) electrons. The monoisotopic (exact) mass is 784 g/mol. The molecule has 0 aromatic rings. The molecule has 2 heterocycles. The molecule has 0 aromatic carbocycles. The summed E-state index contributed by atoms with van der Waals surface area (Å²) in [5.41, 5.74) is 0.0670. The molecule has 0 aromatic heterocycles. The fraction of sp³-hybridized carbons (Fsp3) is 0.952. The molecular weight excluding hydrogens is 712 g/mol. The van der Waals surface area contributed by atoms with Crippen molar-refractivity contribution < 1.29 is 64.9 Å². The molecule has 6 aliphatic rings. The van der Waals surface area contributed by atoms with Crippen LogP contribution in [0.2, 0.25) is 0 Å². The summed E-state index contributed by atoms with van der Waals surface area (Å²) in [6, 6.07) is 0. The van der Waals surface area contributed by atoms with Crippen LogP contribution in [-0.2, 0) is 18.9 Å². The highest BCUT2D eigenvalue weighted by atomic mass is 16.8. The van der Waals surface area contributed by atoms with Crippen molar-refractivity contribution in [3.8, 4) is 0 Å². The van der Waals surface area contributed by atoms with E-state index in [1.54, 1.807) is 0 Å². The Labute approximate surface area is 327 Å². The molecule has 6 fully saturated rings. The zero-order valence-electron chi connectivity index (χ0n) is 34.3. The van der Waals surface area contributed by atoms with E-state index in [1.807, 2.05) is 13.8 Å². The molecule has 318 valence electrons. The minimum absolute atomic E-state index is 0.0133. The standard InChI is InChI=1S/C42H72O13/c1-21(10-9-14-38(2,3)51)22-11-16-42(8)29(22)23(45)18-27-40(6)15-13-28(39(4,5)26(40)12-17-41(27,42)7)54-37-35(33(49)31(47)25(20-44)53-37)55-36-34(50)32(48)30(46)24(19-43)52-36/h10,22-37,43-51H,9,11-20H2,1-8H3/b21-10+/t22?,23-,24-,25-,26?,27?,28+,29?,30-,31-,32+,33+,34-,35-,36+,37+,40+,41-,42-/m0/s1. The molecule has 0 bridgehead atoms. The quantitative estimate of drug-likeness (QED) is 0.115. The van der Waals surface area contributed by atoms with Gasteiger partial charge in [-0.05, 0) is 124 Å². The van der Waals surface area contributed by atoms with Gasteiger partial charge in [-0.15, -0.1) is 0 Å². The van der Waals surface area contributed by atoms with Gasteiger partial charge in [-0.1, -0.05) is 46.3 Å². The van der Waals surface area contributed by atoms with Crippen molar-refractivity contribution in [3.05, 3.63) is 11.6 Å². The number of fused-ring (bicyclic) bond motifs is 5. The Morgan fingerprint density at radius 2 is 1.33 bits per heavy atom. The topological polar surface area (TPSA) is 219 Å². The lowest BCUT2D eigenvalue weighted by Crippen LogP contribution is -2.67. The van der Waals surface area contributed by atoms with Gasteiger partial charge in [0.2, 0.25) is 0 Å². The Bertz CT molecular complexity index is 1370. The van der Waals surface area contributed by atoms with Crippen molar-refractivity contribution in [2.24, 2.45) is 45.3 Å². The minimum Gasteiger partial charge on any atom is -0.394 e. The summed E-state index contributed by atoms with van der Waals surface area (Å²) >= 11 is 0. The van der Waals surface area contributed by atoms with Crippen LogP contribution in [-0.4, -0.2) is 138 Å². The predicted octanol–water partition coefficient (Wildman–Crippen LogP) is 2.15. The molecule has 6 rings (SSSR count). The lowest BCUT2D eigenvalue weighted by Gasteiger charge is -2.70. The van der Waals surface area contributed by atoms with Gasteiger partial charge in [-0.25, -0.2) is 0 Å². The van der Waals surface area contributed by atoms with Gasteiger partial charge in [-0.3, -0.25) is 0 Å². The van der Waals surface area contributed by atoms with Gasteiger partial charge in [0, 0.05) is 0 Å².